The van der Waals surface area contributed by atoms with Gasteiger partial charge in [-0.05, 0) is 35.7 Å². The maximum absolute atomic E-state index is 12.3. The Bertz CT molecular complexity index is 1020. The molecule has 0 radical (unpaired) electrons. The van der Waals surface area contributed by atoms with Crippen molar-refractivity contribution >= 4 is 40.1 Å². The van der Waals surface area contributed by atoms with Crippen molar-refractivity contribution in [2.75, 3.05) is 0 Å². The maximum atomic E-state index is 12.3. The Labute approximate surface area is 147 Å². The van der Waals surface area contributed by atoms with Crippen LogP contribution in [-0.4, -0.2) is 15.6 Å². The predicted octanol–water partition coefficient (Wildman–Crippen LogP) is 4.13. The third kappa shape index (κ3) is 2.90. The number of halogens is 2. The highest BCUT2D eigenvalue weighted by Crippen LogP contribution is 2.28. The van der Waals surface area contributed by atoms with Crippen LogP contribution in [0.3, 0.4) is 0 Å². The van der Waals surface area contributed by atoms with Gasteiger partial charge in [0.2, 0.25) is 0 Å². The smallest absolute Gasteiger partial charge is 0.352 e. The van der Waals surface area contributed by atoms with E-state index in [9.17, 15) is 9.59 Å². The molecule has 24 heavy (non-hydrogen) atoms. The first-order valence-electron chi connectivity index (χ1n) is 7.17. The number of fused-ring (bicyclic) bond motifs is 1. The topological polar surface area (TPSA) is 59.3 Å². The number of hydrogen-bond acceptors (Lipinski definition) is 2. The van der Waals surface area contributed by atoms with Crippen molar-refractivity contribution in [3.63, 3.8) is 0 Å². The standard InChI is InChI=1S/C18H13Cl2NO3/c1-21-14-6-5-10(7-11-3-2-4-13(19)17(11)20)8-12(14)16(22)9-15(21)18(23)24/h2-6,8-9H,7H2,1H3,(H,23,24). The number of carboxylic acids is 1. The van der Waals surface area contributed by atoms with E-state index in [-0.39, 0.29) is 11.1 Å². The van der Waals surface area contributed by atoms with Crippen molar-refractivity contribution in [1.29, 1.82) is 0 Å². The third-order valence-corrected chi connectivity index (χ3v) is 4.82. The number of carboxylic acid groups (broad SMARTS) is 1. The Morgan fingerprint density at radius 3 is 2.62 bits per heavy atom. The van der Waals surface area contributed by atoms with E-state index in [0.717, 1.165) is 17.2 Å². The number of aromatic nitrogens is 1. The van der Waals surface area contributed by atoms with Gasteiger partial charge in [-0.3, -0.25) is 4.79 Å². The van der Waals surface area contributed by atoms with E-state index >= 15 is 0 Å². The van der Waals surface area contributed by atoms with E-state index in [1.54, 1.807) is 25.2 Å². The molecule has 0 bridgehead atoms. The molecule has 0 atom stereocenters. The zero-order valence-corrected chi connectivity index (χ0v) is 14.2. The van der Waals surface area contributed by atoms with Crippen LogP contribution in [0.25, 0.3) is 10.9 Å². The molecule has 2 aromatic carbocycles. The molecular weight excluding hydrogens is 349 g/mol. The molecule has 3 rings (SSSR count). The lowest BCUT2D eigenvalue weighted by Crippen LogP contribution is -2.15. The van der Waals surface area contributed by atoms with Crippen molar-refractivity contribution in [3.8, 4) is 0 Å². The van der Waals surface area contributed by atoms with Crippen LogP contribution in [0.1, 0.15) is 21.6 Å². The number of pyridine rings is 1. The molecule has 1 aromatic heterocycles. The summed E-state index contributed by atoms with van der Waals surface area (Å²) < 4.78 is 1.50. The molecule has 3 aromatic rings. The fraction of sp³-hybridized carbons (Fsp3) is 0.111. The van der Waals surface area contributed by atoms with Crippen molar-refractivity contribution < 1.29 is 9.90 Å². The molecule has 0 fully saturated rings. The van der Waals surface area contributed by atoms with E-state index in [0.29, 0.717) is 27.4 Å². The summed E-state index contributed by atoms with van der Waals surface area (Å²) in [5, 5.41) is 10.6. The van der Waals surface area contributed by atoms with E-state index < -0.39 is 5.97 Å². The van der Waals surface area contributed by atoms with Crippen LogP contribution in [-0.2, 0) is 13.5 Å². The Balaban J connectivity index is 2.11. The van der Waals surface area contributed by atoms with Gasteiger partial charge in [0, 0.05) is 18.5 Å². The number of nitrogens with zero attached hydrogens (tertiary/aromatic N) is 1. The number of aryl methyl sites for hydroxylation is 1. The molecule has 0 aliphatic rings. The fourth-order valence-electron chi connectivity index (χ4n) is 2.72. The largest absolute Gasteiger partial charge is 0.477 e. The molecular formula is C18H13Cl2NO3. The molecule has 4 nitrogen and oxygen atoms in total. The minimum atomic E-state index is -1.13. The second-order valence-corrected chi connectivity index (χ2v) is 6.28. The minimum Gasteiger partial charge on any atom is -0.477 e. The van der Waals surface area contributed by atoms with Crippen molar-refractivity contribution in [3.05, 3.63) is 79.6 Å². The summed E-state index contributed by atoms with van der Waals surface area (Å²) >= 11 is 12.2. The van der Waals surface area contributed by atoms with E-state index in [2.05, 4.69) is 0 Å². The summed E-state index contributed by atoms with van der Waals surface area (Å²) in [6.07, 6.45) is 0.527. The van der Waals surface area contributed by atoms with Gasteiger partial charge < -0.3 is 9.67 Å². The van der Waals surface area contributed by atoms with Crippen LogP contribution >= 0.6 is 23.2 Å². The van der Waals surface area contributed by atoms with Gasteiger partial charge in [0.1, 0.15) is 5.69 Å². The monoisotopic (exact) mass is 361 g/mol. The number of aromatic carboxylic acids is 1. The molecule has 0 saturated carbocycles. The van der Waals surface area contributed by atoms with Crippen LogP contribution in [0.15, 0.2) is 47.3 Å². The highest BCUT2D eigenvalue weighted by molar-refractivity contribution is 6.42. The molecule has 0 spiro atoms. The van der Waals surface area contributed by atoms with Crippen molar-refractivity contribution in [2.24, 2.45) is 7.05 Å². The zero-order chi connectivity index (χ0) is 17.4. The molecule has 0 aliphatic heterocycles. The number of carbonyl (C=O) groups is 1. The highest BCUT2D eigenvalue weighted by Gasteiger charge is 2.13. The van der Waals surface area contributed by atoms with Crippen LogP contribution in [0.4, 0.5) is 0 Å². The van der Waals surface area contributed by atoms with Gasteiger partial charge in [0.05, 0.1) is 15.6 Å². The van der Waals surface area contributed by atoms with Crippen LogP contribution in [0, 0.1) is 0 Å². The van der Waals surface area contributed by atoms with Gasteiger partial charge in [-0.1, -0.05) is 41.4 Å². The summed E-state index contributed by atoms with van der Waals surface area (Å²) in [6, 6.07) is 11.9. The Morgan fingerprint density at radius 1 is 1.17 bits per heavy atom. The first kappa shape index (κ1) is 16.6. The number of rotatable bonds is 3. The number of benzene rings is 2. The molecule has 0 unspecified atom stereocenters. The van der Waals surface area contributed by atoms with Crippen LogP contribution in [0.2, 0.25) is 10.0 Å². The lowest BCUT2D eigenvalue weighted by molar-refractivity contribution is 0.0686. The van der Waals surface area contributed by atoms with Gasteiger partial charge in [-0.25, -0.2) is 4.79 Å². The van der Waals surface area contributed by atoms with E-state index in [1.165, 1.54) is 4.57 Å². The second kappa shape index (κ2) is 6.30. The average molecular weight is 362 g/mol. The lowest BCUT2D eigenvalue weighted by atomic mass is 10.0. The van der Waals surface area contributed by atoms with Crippen molar-refractivity contribution in [1.82, 2.24) is 4.57 Å². The Kier molecular flexibility index (Phi) is 4.35. The second-order valence-electron chi connectivity index (χ2n) is 5.50. The fourth-order valence-corrected chi connectivity index (χ4v) is 3.11. The van der Waals surface area contributed by atoms with Gasteiger partial charge in [0.25, 0.3) is 0 Å². The summed E-state index contributed by atoms with van der Waals surface area (Å²) in [5.41, 5.74) is 1.97. The van der Waals surface area contributed by atoms with Crippen molar-refractivity contribution in [2.45, 2.75) is 6.42 Å². The summed E-state index contributed by atoms with van der Waals surface area (Å²) in [4.78, 5) is 23.5. The SMILES string of the molecule is Cn1c(C(=O)O)cc(=O)c2cc(Cc3cccc(Cl)c3Cl)ccc21. The number of hydrogen-bond donors (Lipinski definition) is 1. The molecule has 6 heteroatoms. The summed E-state index contributed by atoms with van der Waals surface area (Å²) in [5.74, 6) is -1.13. The van der Waals surface area contributed by atoms with Gasteiger partial charge in [0.15, 0.2) is 5.43 Å². The molecule has 1 heterocycles. The zero-order valence-electron chi connectivity index (χ0n) is 12.7. The quantitative estimate of drug-likeness (QED) is 0.762. The normalized spacial score (nSPS) is 11.0. The Hall–Kier alpha value is -2.30. The van der Waals surface area contributed by atoms with Gasteiger partial charge in [-0.2, -0.15) is 0 Å². The molecule has 0 amide bonds. The first-order chi connectivity index (χ1) is 11.4. The molecule has 122 valence electrons. The first-order valence-corrected chi connectivity index (χ1v) is 7.93. The predicted molar refractivity (Wildman–Crippen MR) is 95.4 cm³/mol. The maximum Gasteiger partial charge on any atom is 0.352 e. The average Bonchev–Trinajstić information content (AvgIpc) is 2.55. The molecule has 0 aliphatic carbocycles. The lowest BCUT2D eigenvalue weighted by Gasteiger charge is -2.11. The van der Waals surface area contributed by atoms with E-state index in [4.69, 9.17) is 28.3 Å². The van der Waals surface area contributed by atoms with Crippen LogP contribution < -0.4 is 5.43 Å². The van der Waals surface area contributed by atoms with Gasteiger partial charge >= 0.3 is 5.97 Å². The minimum absolute atomic E-state index is 0.0434. The summed E-state index contributed by atoms with van der Waals surface area (Å²) in [7, 11) is 1.62. The van der Waals surface area contributed by atoms with Crippen LogP contribution in [0.5, 0.6) is 0 Å². The van der Waals surface area contributed by atoms with Gasteiger partial charge in [-0.15, -0.1) is 0 Å². The van der Waals surface area contributed by atoms with E-state index in [1.807, 2.05) is 18.2 Å². The Morgan fingerprint density at radius 2 is 1.92 bits per heavy atom. The summed E-state index contributed by atoms with van der Waals surface area (Å²) in [6.45, 7) is 0. The molecule has 0 saturated heterocycles. The third-order valence-electron chi connectivity index (χ3n) is 3.96. The molecule has 1 N–H and O–H groups in total. The highest BCUT2D eigenvalue weighted by atomic mass is 35.5.